The molecule has 2 rings (SSSR count). The molecule has 1 aliphatic rings. The Bertz CT molecular complexity index is 620. The molecule has 0 bridgehead atoms. The van der Waals surface area contributed by atoms with Crippen LogP contribution in [-0.4, -0.2) is 59.0 Å². The average Bonchev–Trinajstić information content (AvgIpc) is 2.63. The SMILES string of the molecule is CCCCCCN1CCN(C(=O)NC(C(=O)O)c2ccccc2)C(=O)C1. The molecule has 1 aliphatic heterocycles. The quantitative estimate of drug-likeness (QED) is 0.693. The van der Waals surface area contributed by atoms with Crippen molar-refractivity contribution in [2.75, 3.05) is 26.2 Å². The van der Waals surface area contributed by atoms with Gasteiger partial charge in [-0.1, -0.05) is 56.5 Å². The number of aliphatic carboxylic acids is 1. The van der Waals surface area contributed by atoms with E-state index in [-0.39, 0.29) is 19.0 Å². The van der Waals surface area contributed by atoms with Crippen LogP contribution in [0.2, 0.25) is 0 Å². The number of imide groups is 1. The van der Waals surface area contributed by atoms with Crippen molar-refractivity contribution in [1.82, 2.24) is 15.1 Å². The molecule has 1 heterocycles. The number of urea groups is 1. The summed E-state index contributed by atoms with van der Waals surface area (Å²) in [5.41, 5.74) is 0.468. The van der Waals surface area contributed by atoms with Crippen LogP contribution >= 0.6 is 0 Å². The average molecular weight is 361 g/mol. The number of carboxylic acids is 1. The molecule has 0 saturated carbocycles. The summed E-state index contributed by atoms with van der Waals surface area (Å²) in [6.07, 6.45) is 4.54. The summed E-state index contributed by atoms with van der Waals surface area (Å²) in [5.74, 6) is -1.45. The van der Waals surface area contributed by atoms with Gasteiger partial charge in [-0.3, -0.25) is 14.6 Å². The normalized spacial score (nSPS) is 16.3. The van der Waals surface area contributed by atoms with E-state index in [1.165, 1.54) is 12.8 Å². The van der Waals surface area contributed by atoms with Gasteiger partial charge in [-0.25, -0.2) is 9.59 Å². The van der Waals surface area contributed by atoms with E-state index >= 15 is 0 Å². The number of carboxylic acid groups (broad SMARTS) is 1. The van der Waals surface area contributed by atoms with E-state index in [0.717, 1.165) is 24.3 Å². The van der Waals surface area contributed by atoms with Gasteiger partial charge in [0, 0.05) is 13.1 Å². The number of carbonyl (C=O) groups excluding carboxylic acids is 2. The number of benzene rings is 1. The van der Waals surface area contributed by atoms with E-state index in [1.807, 2.05) is 4.90 Å². The van der Waals surface area contributed by atoms with E-state index in [1.54, 1.807) is 30.3 Å². The van der Waals surface area contributed by atoms with Crippen molar-refractivity contribution in [1.29, 1.82) is 0 Å². The molecule has 0 radical (unpaired) electrons. The predicted molar refractivity (Wildman–Crippen MR) is 97.6 cm³/mol. The second-order valence-electron chi connectivity index (χ2n) is 6.51. The number of carbonyl (C=O) groups is 3. The minimum absolute atomic E-state index is 0.197. The minimum atomic E-state index is -1.18. The highest BCUT2D eigenvalue weighted by molar-refractivity contribution is 5.97. The molecule has 2 N–H and O–H groups in total. The number of amides is 3. The molecule has 1 fully saturated rings. The van der Waals surface area contributed by atoms with Crippen LogP contribution in [0.25, 0.3) is 0 Å². The molecule has 0 spiro atoms. The zero-order valence-corrected chi connectivity index (χ0v) is 15.2. The van der Waals surface area contributed by atoms with E-state index in [9.17, 15) is 19.5 Å². The van der Waals surface area contributed by atoms with Crippen molar-refractivity contribution in [3.8, 4) is 0 Å². The molecule has 7 nitrogen and oxygen atoms in total. The van der Waals surface area contributed by atoms with E-state index < -0.39 is 18.0 Å². The second kappa shape index (κ2) is 9.91. The number of hydrogen-bond acceptors (Lipinski definition) is 4. The van der Waals surface area contributed by atoms with Gasteiger partial charge in [-0.15, -0.1) is 0 Å². The number of unbranched alkanes of at least 4 members (excludes halogenated alkanes) is 3. The number of rotatable bonds is 8. The number of nitrogens with zero attached hydrogens (tertiary/aromatic N) is 2. The van der Waals surface area contributed by atoms with E-state index in [0.29, 0.717) is 12.1 Å². The van der Waals surface area contributed by atoms with Crippen molar-refractivity contribution < 1.29 is 19.5 Å². The third-order valence-corrected chi connectivity index (χ3v) is 4.52. The van der Waals surface area contributed by atoms with Crippen LogP contribution in [0.5, 0.6) is 0 Å². The smallest absolute Gasteiger partial charge is 0.330 e. The van der Waals surface area contributed by atoms with Gasteiger partial charge in [0.2, 0.25) is 5.91 Å². The lowest BCUT2D eigenvalue weighted by atomic mass is 10.1. The standard InChI is InChI=1S/C19H27N3O4/c1-2-3-4-8-11-21-12-13-22(16(23)14-21)19(26)20-17(18(24)25)15-9-6-5-7-10-15/h5-7,9-10,17H,2-4,8,11-14H2,1H3,(H,20,26)(H,24,25). The molecular formula is C19H27N3O4. The summed E-state index contributed by atoms with van der Waals surface area (Å²) in [6.45, 7) is 4.10. The van der Waals surface area contributed by atoms with Crippen molar-refractivity contribution >= 4 is 17.9 Å². The Morgan fingerprint density at radius 2 is 1.88 bits per heavy atom. The molecule has 7 heteroatoms. The van der Waals surface area contributed by atoms with Crippen LogP contribution in [0.15, 0.2) is 30.3 Å². The molecule has 1 aromatic carbocycles. The highest BCUT2D eigenvalue weighted by Gasteiger charge is 2.31. The van der Waals surface area contributed by atoms with Crippen molar-refractivity contribution in [3.05, 3.63) is 35.9 Å². The molecule has 1 unspecified atom stereocenters. The molecule has 0 aromatic heterocycles. The van der Waals surface area contributed by atoms with Gasteiger partial charge >= 0.3 is 12.0 Å². The van der Waals surface area contributed by atoms with Gasteiger partial charge in [-0.05, 0) is 18.5 Å². The topological polar surface area (TPSA) is 89.9 Å². The van der Waals surface area contributed by atoms with Crippen LogP contribution in [0.3, 0.4) is 0 Å². The molecule has 0 aliphatic carbocycles. The molecule has 1 saturated heterocycles. The largest absolute Gasteiger partial charge is 0.479 e. The lowest BCUT2D eigenvalue weighted by Crippen LogP contribution is -2.56. The Hall–Kier alpha value is -2.41. The summed E-state index contributed by atoms with van der Waals surface area (Å²) >= 11 is 0. The fraction of sp³-hybridized carbons (Fsp3) is 0.526. The third-order valence-electron chi connectivity index (χ3n) is 4.52. The first-order valence-electron chi connectivity index (χ1n) is 9.14. The lowest BCUT2D eigenvalue weighted by molar-refractivity contribution is -0.140. The first-order chi connectivity index (χ1) is 12.5. The number of piperazine rings is 1. The van der Waals surface area contributed by atoms with Crippen molar-refractivity contribution in [3.63, 3.8) is 0 Å². The summed E-state index contributed by atoms with van der Waals surface area (Å²) in [7, 11) is 0. The maximum atomic E-state index is 12.4. The van der Waals surface area contributed by atoms with Crippen molar-refractivity contribution in [2.45, 2.75) is 38.6 Å². The molecule has 26 heavy (non-hydrogen) atoms. The number of nitrogens with one attached hydrogen (secondary N) is 1. The van der Waals surface area contributed by atoms with Gasteiger partial charge in [0.15, 0.2) is 6.04 Å². The first-order valence-corrected chi connectivity index (χ1v) is 9.14. The lowest BCUT2D eigenvalue weighted by Gasteiger charge is -2.33. The van der Waals surface area contributed by atoms with Gasteiger partial charge < -0.3 is 10.4 Å². The Labute approximate surface area is 154 Å². The highest BCUT2D eigenvalue weighted by Crippen LogP contribution is 2.14. The van der Waals surface area contributed by atoms with Crippen molar-refractivity contribution in [2.24, 2.45) is 0 Å². The molecular weight excluding hydrogens is 334 g/mol. The van der Waals surface area contributed by atoms with Crippen LogP contribution < -0.4 is 5.32 Å². The summed E-state index contributed by atoms with van der Waals surface area (Å²) < 4.78 is 0. The summed E-state index contributed by atoms with van der Waals surface area (Å²) in [6, 6.07) is 6.62. The minimum Gasteiger partial charge on any atom is -0.479 e. The zero-order chi connectivity index (χ0) is 18.9. The number of hydrogen-bond donors (Lipinski definition) is 2. The van der Waals surface area contributed by atoms with Crippen LogP contribution in [0, 0.1) is 0 Å². The second-order valence-corrected chi connectivity index (χ2v) is 6.51. The molecule has 3 amide bonds. The van der Waals surface area contributed by atoms with E-state index in [2.05, 4.69) is 12.2 Å². The Morgan fingerprint density at radius 1 is 1.15 bits per heavy atom. The van der Waals surface area contributed by atoms with Gasteiger partial charge in [0.1, 0.15) is 0 Å². The fourth-order valence-electron chi connectivity index (χ4n) is 3.02. The van der Waals surface area contributed by atoms with Gasteiger partial charge in [0.25, 0.3) is 0 Å². The maximum absolute atomic E-state index is 12.4. The Kier molecular flexibility index (Phi) is 7.59. The zero-order valence-electron chi connectivity index (χ0n) is 15.2. The summed E-state index contributed by atoms with van der Waals surface area (Å²) in [4.78, 5) is 39.4. The Balaban J connectivity index is 1.89. The third kappa shape index (κ3) is 5.56. The highest BCUT2D eigenvalue weighted by atomic mass is 16.4. The Morgan fingerprint density at radius 3 is 2.50 bits per heavy atom. The van der Waals surface area contributed by atoms with E-state index in [4.69, 9.17) is 0 Å². The van der Waals surface area contributed by atoms with Crippen LogP contribution in [0.1, 0.15) is 44.2 Å². The molecule has 1 aromatic rings. The van der Waals surface area contributed by atoms with Crippen LogP contribution in [-0.2, 0) is 9.59 Å². The predicted octanol–water partition coefficient (Wildman–Crippen LogP) is 2.25. The first kappa shape index (κ1) is 19.9. The molecule has 142 valence electrons. The fourth-order valence-corrected chi connectivity index (χ4v) is 3.02. The molecule has 1 atom stereocenters. The summed E-state index contributed by atoms with van der Waals surface area (Å²) in [5, 5.41) is 11.9. The monoisotopic (exact) mass is 361 g/mol. The van der Waals surface area contributed by atoms with Gasteiger partial charge in [0.05, 0.1) is 6.54 Å². The van der Waals surface area contributed by atoms with Crippen LogP contribution in [0.4, 0.5) is 4.79 Å². The van der Waals surface area contributed by atoms with Gasteiger partial charge in [-0.2, -0.15) is 0 Å². The maximum Gasteiger partial charge on any atom is 0.330 e.